The van der Waals surface area contributed by atoms with Gasteiger partial charge < -0.3 is 20.1 Å². The minimum absolute atomic E-state index is 0.00518. The predicted molar refractivity (Wildman–Crippen MR) is 88.2 cm³/mol. The van der Waals surface area contributed by atoms with Crippen LogP contribution in [0.5, 0.6) is 0 Å². The number of esters is 1. The molecule has 0 saturated carbocycles. The lowest BCUT2D eigenvalue weighted by atomic mass is 9.90. The molecule has 1 aliphatic rings. The van der Waals surface area contributed by atoms with Gasteiger partial charge in [-0.25, -0.2) is 14.0 Å². The van der Waals surface area contributed by atoms with Crippen molar-refractivity contribution in [2.24, 2.45) is 5.92 Å². The molecular formula is C16H20ClFN2O4. The van der Waals surface area contributed by atoms with Gasteiger partial charge in [-0.2, -0.15) is 0 Å². The molecule has 1 aliphatic heterocycles. The van der Waals surface area contributed by atoms with Gasteiger partial charge in [-0.1, -0.05) is 11.6 Å². The fourth-order valence-electron chi connectivity index (χ4n) is 2.88. The van der Waals surface area contributed by atoms with E-state index in [1.807, 2.05) is 6.92 Å². The lowest BCUT2D eigenvalue weighted by Gasteiger charge is -2.34. The highest BCUT2D eigenvalue weighted by Crippen LogP contribution is 2.29. The number of carbonyl (C=O) groups excluding carboxylic acids is 1. The van der Waals surface area contributed by atoms with Crippen molar-refractivity contribution < 1.29 is 23.8 Å². The molecule has 2 N–H and O–H groups in total. The molecule has 0 aromatic heterocycles. The number of piperidine rings is 1. The predicted octanol–water partition coefficient (Wildman–Crippen LogP) is 3.46. The third kappa shape index (κ3) is 4.08. The van der Waals surface area contributed by atoms with Crippen LogP contribution in [0.4, 0.5) is 14.9 Å². The maximum Gasteiger partial charge on any atom is 0.407 e. The van der Waals surface area contributed by atoms with Gasteiger partial charge in [-0.15, -0.1) is 0 Å². The third-order valence-corrected chi connectivity index (χ3v) is 4.68. The first-order valence-electron chi connectivity index (χ1n) is 7.65. The summed E-state index contributed by atoms with van der Waals surface area (Å²) >= 11 is 6.06. The van der Waals surface area contributed by atoms with Gasteiger partial charge in [-0.05, 0) is 37.8 Å². The average Bonchev–Trinajstić information content (AvgIpc) is 2.56. The van der Waals surface area contributed by atoms with Crippen LogP contribution in [0.1, 0.15) is 30.1 Å². The van der Waals surface area contributed by atoms with Crippen molar-refractivity contribution in [2.45, 2.75) is 25.8 Å². The number of hydrogen-bond donors (Lipinski definition) is 2. The zero-order valence-electron chi connectivity index (χ0n) is 13.5. The second-order valence-corrected chi connectivity index (χ2v) is 6.25. The van der Waals surface area contributed by atoms with Gasteiger partial charge in [0.05, 0.1) is 23.4 Å². The number of ether oxygens (including phenoxy) is 1. The number of likely N-dealkylation sites (tertiary alicyclic amines) is 1. The Morgan fingerprint density at radius 3 is 2.58 bits per heavy atom. The van der Waals surface area contributed by atoms with Crippen molar-refractivity contribution in [1.82, 2.24) is 4.90 Å². The highest BCUT2D eigenvalue weighted by Gasteiger charge is 2.27. The molecular weight excluding hydrogens is 339 g/mol. The standard InChI is InChI=1S/C16H20ClFN2O4/c1-9(10-3-5-20(6-4-10)16(22)23)19-14-7-11(15(21)24-2)13(18)8-12(14)17/h7-10,19H,3-6H2,1-2H3,(H,22,23)/t9-/m0/s1. The van der Waals surface area contributed by atoms with Gasteiger partial charge in [-0.3, -0.25) is 0 Å². The summed E-state index contributed by atoms with van der Waals surface area (Å²) in [5, 5.41) is 12.4. The Hall–Kier alpha value is -2.02. The molecule has 1 amide bonds. The van der Waals surface area contributed by atoms with Gasteiger partial charge >= 0.3 is 12.1 Å². The summed E-state index contributed by atoms with van der Waals surface area (Å²) in [6, 6.07) is 2.41. The normalized spacial score (nSPS) is 16.6. The molecule has 0 bridgehead atoms. The van der Waals surface area contributed by atoms with Crippen molar-refractivity contribution in [3.63, 3.8) is 0 Å². The lowest BCUT2D eigenvalue weighted by Crippen LogP contribution is -2.41. The molecule has 0 aliphatic carbocycles. The van der Waals surface area contributed by atoms with Crippen molar-refractivity contribution >= 4 is 29.4 Å². The maximum absolute atomic E-state index is 13.8. The second kappa shape index (κ2) is 7.70. The van der Waals surface area contributed by atoms with Crippen molar-refractivity contribution in [1.29, 1.82) is 0 Å². The third-order valence-electron chi connectivity index (χ3n) is 4.36. The fourth-order valence-corrected chi connectivity index (χ4v) is 3.08. The van der Waals surface area contributed by atoms with Crippen molar-refractivity contribution in [3.05, 3.63) is 28.5 Å². The molecule has 132 valence electrons. The van der Waals surface area contributed by atoms with Crippen LogP contribution in [0.15, 0.2) is 12.1 Å². The van der Waals surface area contributed by atoms with Gasteiger partial charge in [0.25, 0.3) is 0 Å². The van der Waals surface area contributed by atoms with E-state index in [1.54, 1.807) is 0 Å². The minimum atomic E-state index is -0.904. The summed E-state index contributed by atoms with van der Waals surface area (Å²) in [6.07, 6.45) is 0.546. The molecule has 24 heavy (non-hydrogen) atoms. The van der Waals surface area contributed by atoms with E-state index >= 15 is 0 Å². The van der Waals surface area contributed by atoms with Crippen LogP contribution in [-0.4, -0.2) is 48.3 Å². The van der Waals surface area contributed by atoms with Gasteiger partial charge in [0.1, 0.15) is 5.82 Å². The Morgan fingerprint density at radius 1 is 1.42 bits per heavy atom. The summed E-state index contributed by atoms with van der Waals surface area (Å²) in [5.41, 5.74) is 0.268. The van der Waals surface area contributed by atoms with Crippen molar-refractivity contribution in [3.8, 4) is 0 Å². The first-order valence-corrected chi connectivity index (χ1v) is 8.03. The Morgan fingerprint density at radius 2 is 2.04 bits per heavy atom. The molecule has 1 atom stereocenters. The molecule has 2 rings (SSSR count). The Labute approximate surface area is 144 Å². The van der Waals surface area contributed by atoms with Crippen LogP contribution in [0.3, 0.4) is 0 Å². The number of benzene rings is 1. The Balaban J connectivity index is 2.08. The summed E-state index contributed by atoms with van der Waals surface area (Å²) in [4.78, 5) is 23.9. The lowest BCUT2D eigenvalue weighted by molar-refractivity contribution is 0.0595. The molecule has 0 spiro atoms. The smallest absolute Gasteiger partial charge is 0.407 e. The molecule has 1 aromatic carbocycles. The number of halogens is 2. The Bertz CT molecular complexity index is 633. The van der Waals surface area contributed by atoms with E-state index in [0.29, 0.717) is 18.8 Å². The summed E-state index contributed by atoms with van der Waals surface area (Å²) in [5.74, 6) is -1.25. The van der Waals surface area contributed by atoms with E-state index in [1.165, 1.54) is 18.1 Å². The number of amides is 1. The first kappa shape index (κ1) is 18.3. The Kier molecular flexibility index (Phi) is 5.88. The van der Waals surface area contributed by atoms with E-state index in [0.717, 1.165) is 18.9 Å². The zero-order chi connectivity index (χ0) is 17.9. The molecule has 0 unspecified atom stereocenters. The highest BCUT2D eigenvalue weighted by molar-refractivity contribution is 6.33. The molecule has 1 heterocycles. The molecule has 8 heteroatoms. The van der Waals surface area contributed by atoms with Crippen LogP contribution in [0.25, 0.3) is 0 Å². The summed E-state index contributed by atoms with van der Waals surface area (Å²) < 4.78 is 18.4. The van der Waals surface area contributed by atoms with Crippen LogP contribution >= 0.6 is 11.6 Å². The highest BCUT2D eigenvalue weighted by atomic mass is 35.5. The van der Waals surface area contributed by atoms with Gasteiger partial charge in [0.2, 0.25) is 0 Å². The molecule has 6 nitrogen and oxygen atoms in total. The number of carbonyl (C=O) groups is 2. The number of nitrogens with zero attached hydrogens (tertiary/aromatic N) is 1. The van der Waals surface area contributed by atoms with Crippen LogP contribution in [0, 0.1) is 11.7 Å². The van der Waals surface area contributed by atoms with E-state index in [4.69, 9.17) is 16.7 Å². The topological polar surface area (TPSA) is 78.9 Å². The van der Waals surface area contributed by atoms with Gasteiger partial charge in [0.15, 0.2) is 0 Å². The summed E-state index contributed by atoms with van der Waals surface area (Å²) in [7, 11) is 1.18. The van der Waals surface area contributed by atoms with Crippen LogP contribution < -0.4 is 5.32 Å². The largest absolute Gasteiger partial charge is 0.465 e. The number of carboxylic acid groups (broad SMARTS) is 1. The number of hydrogen-bond acceptors (Lipinski definition) is 4. The first-order chi connectivity index (χ1) is 11.3. The van der Waals surface area contributed by atoms with E-state index in [-0.39, 0.29) is 22.5 Å². The molecule has 1 fully saturated rings. The van der Waals surface area contributed by atoms with Crippen molar-refractivity contribution in [2.75, 3.05) is 25.5 Å². The number of rotatable bonds is 4. The quantitative estimate of drug-likeness (QED) is 0.806. The van der Waals surface area contributed by atoms with E-state index in [2.05, 4.69) is 10.1 Å². The molecule has 1 aromatic rings. The minimum Gasteiger partial charge on any atom is -0.465 e. The van der Waals surface area contributed by atoms with Crippen LogP contribution in [0.2, 0.25) is 5.02 Å². The molecule has 0 radical (unpaired) electrons. The van der Waals surface area contributed by atoms with Gasteiger partial charge in [0, 0.05) is 19.1 Å². The number of anilines is 1. The number of methoxy groups -OCH3 is 1. The second-order valence-electron chi connectivity index (χ2n) is 5.84. The zero-order valence-corrected chi connectivity index (χ0v) is 14.3. The average molecular weight is 359 g/mol. The van der Waals surface area contributed by atoms with E-state index < -0.39 is 17.9 Å². The monoisotopic (exact) mass is 358 g/mol. The number of nitrogens with one attached hydrogen (secondary N) is 1. The maximum atomic E-state index is 13.8. The summed E-state index contributed by atoms with van der Waals surface area (Å²) in [6.45, 7) is 2.92. The van der Waals surface area contributed by atoms with Crippen LogP contribution in [-0.2, 0) is 4.74 Å². The molecule has 1 saturated heterocycles. The fraction of sp³-hybridized carbons (Fsp3) is 0.500. The SMILES string of the molecule is COC(=O)c1cc(N[C@@H](C)C2CCN(C(=O)O)CC2)c(Cl)cc1F. The van der Waals surface area contributed by atoms with E-state index in [9.17, 15) is 14.0 Å².